The minimum atomic E-state index is -0.431. The molecule has 0 saturated heterocycles. The molecule has 0 fully saturated rings. The van der Waals surface area contributed by atoms with Crippen LogP contribution in [-0.2, 0) is 6.42 Å². The zero-order chi connectivity index (χ0) is 15.4. The van der Waals surface area contributed by atoms with Gasteiger partial charge in [0.25, 0.3) is 5.69 Å². The molecular weight excluding hydrogens is 339 g/mol. The molecule has 4 nitrogen and oxygen atoms in total. The molecule has 21 heavy (non-hydrogen) atoms. The molecule has 1 unspecified atom stereocenters. The van der Waals surface area contributed by atoms with E-state index in [1.54, 1.807) is 24.3 Å². The van der Waals surface area contributed by atoms with Crippen LogP contribution in [0, 0.1) is 15.9 Å². The van der Waals surface area contributed by atoms with E-state index in [0.717, 1.165) is 5.56 Å². The quantitative estimate of drug-likeness (QED) is 0.634. The van der Waals surface area contributed by atoms with Crippen molar-refractivity contribution in [3.05, 3.63) is 68.4 Å². The SMILES string of the molecule is CC(Cc1ccc(F)cc1)Nc1ccc(Br)c([N+](=O)[O-])c1. The van der Waals surface area contributed by atoms with Crippen molar-refractivity contribution in [1.82, 2.24) is 0 Å². The van der Waals surface area contributed by atoms with Gasteiger partial charge in [0.1, 0.15) is 5.82 Å². The minimum absolute atomic E-state index is 0.0222. The number of benzene rings is 2. The Kier molecular flexibility index (Phi) is 4.90. The van der Waals surface area contributed by atoms with E-state index in [1.807, 2.05) is 6.92 Å². The maximum atomic E-state index is 12.8. The van der Waals surface area contributed by atoms with Crippen molar-refractivity contribution in [3.8, 4) is 0 Å². The van der Waals surface area contributed by atoms with E-state index in [4.69, 9.17) is 0 Å². The Morgan fingerprint density at radius 3 is 2.57 bits per heavy atom. The van der Waals surface area contributed by atoms with Gasteiger partial charge >= 0.3 is 0 Å². The van der Waals surface area contributed by atoms with Gasteiger partial charge in [0.15, 0.2) is 0 Å². The summed E-state index contributed by atoms with van der Waals surface area (Å²) in [4.78, 5) is 10.5. The number of nitro benzene ring substituents is 1. The summed E-state index contributed by atoms with van der Waals surface area (Å²) in [6.45, 7) is 1.97. The first-order chi connectivity index (χ1) is 9.95. The van der Waals surface area contributed by atoms with Gasteiger partial charge in [-0.15, -0.1) is 0 Å². The van der Waals surface area contributed by atoms with E-state index in [1.165, 1.54) is 18.2 Å². The highest BCUT2D eigenvalue weighted by Crippen LogP contribution is 2.28. The van der Waals surface area contributed by atoms with E-state index in [0.29, 0.717) is 16.6 Å². The molecule has 0 radical (unpaired) electrons. The highest BCUT2D eigenvalue weighted by Gasteiger charge is 2.13. The first kappa shape index (κ1) is 15.4. The lowest BCUT2D eigenvalue weighted by Gasteiger charge is -2.15. The van der Waals surface area contributed by atoms with Crippen LogP contribution in [0.1, 0.15) is 12.5 Å². The molecule has 2 aromatic carbocycles. The third-order valence-corrected chi connectivity index (χ3v) is 3.68. The fraction of sp³-hybridized carbons (Fsp3) is 0.200. The first-order valence-electron chi connectivity index (χ1n) is 6.40. The normalized spacial score (nSPS) is 12.0. The molecule has 0 heterocycles. The summed E-state index contributed by atoms with van der Waals surface area (Å²) in [6, 6.07) is 11.3. The number of anilines is 1. The Labute approximate surface area is 130 Å². The van der Waals surface area contributed by atoms with Crippen LogP contribution in [0.2, 0.25) is 0 Å². The van der Waals surface area contributed by atoms with Gasteiger partial charge in [-0.2, -0.15) is 0 Å². The maximum absolute atomic E-state index is 12.8. The second kappa shape index (κ2) is 6.67. The molecule has 0 amide bonds. The monoisotopic (exact) mass is 352 g/mol. The fourth-order valence-electron chi connectivity index (χ4n) is 2.05. The van der Waals surface area contributed by atoms with Gasteiger partial charge in [-0.25, -0.2) is 4.39 Å². The Morgan fingerprint density at radius 2 is 1.95 bits per heavy atom. The van der Waals surface area contributed by atoms with Crippen LogP contribution in [0.4, 0.5) is 15.8 Å². The van der Waals surface area contributed by atoms with Gasteiger partial charge in [0, 0.05) is 17.8 Å². The molecule has 2 rings (SSSR count). The van der Waals surface area contributed by atoms with Crippen LogP contribution in [0.15, 0.2) is 46.9 Å². The number of nitrogens with zero attached hydrogens (tertiary/aromatic N) is 1. The van der Waals surface area contributed by atoms with Gasteiger partial charge < -0.3 is 5.32 Å². The van der Waals surface area contributed by atoms with Crippen molar-refractivity contribution >= 4 is 27.3 Å². The Hall–Kier alpha value is -1.95. The third kappa shape index (κ3) is 4.26. The minimum Gasteiger partial charge on any atom is -0.382 e. The lowest BCUT2D eigenvalue weighted by molar-refractivity contribution is -0.385. The van der Waals surface area contributed by atoms with Crippen LogP contribution in [0.5, 0.6) is 0 Å². The van der Waals surface area contributed by atoms with E-state index in [-0.39, 0.29) is 17.5 Å². The second-order valence-corrected chi connectivity index (χ2v) is 5.65. The Balaban J connectivity index is 2.05. The highest BCUT2D eigenvalue weighted by atomic mass is 79.9. The zero-order valence-corrected chi connectivity index (χ0v) is 12.9. The lowest BCUT2D eigenvalue weighted by Crippen LogP contribution is -2.18. The maximum Gasteiger partial charge on any atom is 0.285 e. The van der Waals surface area contributed by atoms with Crippen molar-refractivity contribution < 1.29 is 9.31 Å². The van der Waals surface area contributed by atoms with Crippen LogP contribution < -0.4 is 5.32 Å². The molecule has 0 bridgehead atoms. The van der Waals surface area contributed by atoms with Gasteiger partial charge in [0.2, 0.25) is 0 Å². The summed E-state index contributed by atoms with van der Waals surface area (Å²) in [6.07, 6.45) is 0.699. The molecule has 0 aromatic heterocycles. The summed E-state index contributed by atoms with van der Waals surface area (Å²) >= 11 is 3.15. The largest absolute Gasteiger partial charge is 0.382 e. The molecule has 2 aromatic rings. The van der Waals surface area contributed by atoms with E-state index < -0.39 is 4.92 Å². The van der Waals surface area contributed by atoms with E-state index >= 15 is 0 Å². The molecule has 1 N–H and O–H groups in total. The lowest BCUT2D eigenvalue weighted by atomic mass is 10.1. The second-order valence-electron chi connectivity index (χ2n) is 4.80. The average molecular weight is 353 g/mol. The van der Waals surface area contributed by atoms with Gasteiger partial charge in [-0.05, 0) is 59.1 Å². The Morgan fingerprint density at radius 1 is 1.29 bits per heavy atom. The summed E-state index contributed by atoms with van der Waals surface area (Å²) in [5, 5.41) is 14.1. The van der Waals surface area contributed by atoms with Gasteiger partial charge in [0.05, 0.1) is 9.40 Å². The van der Waals surface area contributed by atoms with Crippen LogP contribution in [0.25, 0.3) is 0 Å². The summed E-state index contributed by atoms with van der Waals surface area (Å²) in [5.74, 6) is -0.261. The fourth-order valence-corrected chi connectivity index (χ4v) is 2.44. The standard InChI is InChI=1S/C15H14BrFN2O2/c1-10(8-11-2-4-12(17)5-3-11)18-13-6-7-14(16)15(9-13)19(20)21/h2-7,9-10,18H,8H2,1H3. The van der Waals surface area contributed by atoms with E-state index in [2.05, 4.69) is 21.2 Å². The Bertz CT molecular complexity index is 647. The molecule has 0 aliphatic rings. The summed E-state index contributed by atoms with van der Waals surface area (Å²) in [7, 11) is 0. The van der Waals surface area contributed by atoms with Crippen molar-refractivity contribution in [1.29, 1.82) is 0 Å². The molecule has 0 aliphatic heterocycles. The number of rotatable bonds is 5. The number of hydrogen-bond donors (Lipinski definition) is 1. The molecule has 6 heteroatoms. The van der Waals surface area contributed by atoms with Gasteiger partial charge in [-0.1, -0.05) is 12.1 Å². The average Bonchev–Trinajstić information content (AvgIpc) is 2.43. The topological polar surface area (TPSA) is 55.2 Å². The summed E-state index contributed by atoms with van der Waals surface area (Å²) in [5.41, 5.74) is 1.71. The van der Waals surface area contributed by atoms with Crippen molar-refractivity contribution in [2.45, 2.75) is 19.4 Å². The van der Waals surface area contributed by atoms with Crippen molar-refractivity contribution in [2.75, 3.05) is 5.32 Å². The van der Waals surface area contributed by atoms with Crippen LogP contribution >= 0.6 is 15.9 Å². The predicted molar refractivity (Wildman–Crippen MR) is 84.0 cm³/mol. The van der Waals surface area contributed by atoms with Gasteiger partial charge in [-0.3, -0.25) is 10.1 Å². The zero-order valence-electron chi connectivity index (χ0n) is 11.3. The number of nitro groups is 1. The molecule has 0 spiro atoms. The molecular formula is C15H14BrFN2O2. The third-order valence-electron chi connectivity index (χ3n) is 3.01. The van der Waals surface area contributed by atoms with Crippen LogP contribution in [-0.4, -0.2) is 11.0 Å². The first-order valence-corrected chi connectivity index (χ1v) is 7.20. The predicted octanol–water partition coefficient (Wildman–Crippen LogP) is 4.54. The number of nitrogens with one attached hydrogen (secondary N) is 1. The smallest absolute Gasteiger partial charge is 0.285 e. The number of halogens is 2. The molecule has 0 aliphatic carbocycles. The number of hydrogen-bond acceptors (Lipinski definition) is 3. The van der Waals surface area contributed by atoms with Crippen molar-refractivity contribution in [2.24, 2.45) is 0 Å². The van der Waals surface area contributed by atoms with E-state index in [9.17, 15) is 14.5 Å². The molecule has 1 atom stereocenters. The molecule has 110 valence electrons. The van der Waals surface area contributed by atoms with Crippen molar-refractivity contribution in [3.63, 3.8) is 0 Å². The van der Waals surface area contributed by atoms with Crippen LogP contribution in [0.3, 0.4) is 0 Å². The molecule has 0 saturated carbocycles. The summed E-state index contributed by atoms with van der Waals surface area (Å²) < 4.78 is 13.3. The highest BCUT2D eigenvalue weighted by molar-refractivity contribution is 9.10.